The predicted molar refractivity (Wildman–Crippen MR) is 89.9 cm³/mol. The number of carbonyl (C=O) groups excluding carboxylic acids is 1. The van der Waals surface area contributed by atoms with E-state index >= 15 is 0 Å². The van der Waals surface area contributed by atoms with Gasteiger partial charge in [-0.2, -0.15) is 0 Å². The zero-order chi connectivity index (χ0) is 17.1. The lowest BCUT2D eigenvalue weighted by atomic mass is 10.2. The van der Waals surface area contributed by atoms with Gasteiger partial charge >= 0.3 is 0 Å². The van der Waals surface area contributed by atoms with Gasteiger partial charge in [-0.25, -0.2) is 9.97 Å². The third kappa shape index (κ3) is 3.79. The number of rotatable bonds is 5. The summed E-state index contributed by atoms with van der Waals surface area (Å²) in [6.45, 7) is 5.94. The van der Waals surface area contributed by atoms with Crippen molar-refractivity contribution in [2.24, 2.45) is 0 Å². The van der Waals surface area contributed by atoms with Gasteiger partial charge in [-0.1, -0.05) is 0 Å². The lowest BCUT2D eigenvalue weighted by molar-refractivity contribution is 0.0754. The van der Waals surface area contributed by atoms with Crippen LogP contribution >= 0.6 is 0 Å². The fraction of sp³-hybridized carbons (Fsp3) is 0.688. The maximum Gasteiger partial charge on any atom is 0.291 e. The summed E-state index contributed by atoms with van der Waals surface area (Å²) in [5.41, 5.74) is 1.84. The first-order chi connectivity index (χ1) is 10.8. The van der Waals surface area contributed by atoms with Gasteiger partial charge in [-0.15, -0.1) is 0 Å². The molecule has 23 heavy (non-hydrogen) atoms. The maximum absolute atomic E-state index is 12.4. The molecule has 1 N–H and O–H groups in total. The number of nitrogens with zero attached hydrogens (tertiary/aromatic N) is 5. The number of aryl methyl sites for hydroxylation is 1. The second kappa shape index (κ2) is 7.23. The number of carbonyl (C=O) groups is 1. The van der Waals surface area contributed by atoms with E-state index in [0.29, 0.717) is 6.04 Å². The van der Waals surface area contributed by atoms with Crippen molar-refractivity contribution < 1.29 is 9.90 Å². The van der Waals surface area contributed by atoms with E-state index in [9.17, 15) is 4.79 Å². The Morgan fingerprint density at radius 3 is 2.57 bits per heavy atom. The van der Waals surface area contributed by atoms with E-state index in [1.165, 1.54) is 4.90 Å². The highest BCUT2D eigenvalue weighted by molar-refractivity contribution is 5.90. The molecule has 0 radical (unpaired) electrons. The third-order valence-corrected chi connectivity index (χ3v) is 4.53. The van der Waals surface area contributed by atoms with E-state index < -0.39 is 0 Å². The molecule has 0 bridgehead atoms. The predicted octanol–water partition coefficient (Wildman–Crippen LogP) is 0.298. The highest BCUT2D eigenvalue weighted by Gasteiger charge is 2.28. The fourth-order valence-corrected chi connectivity index (χ4v) is 2.80. The molecule has 2 heterocycles. The van der Waals surface area contributed by atoms with Gasteiger partial charge in [0.2, 0.25) is 5.82 Å². The van der Waals surface area contributed by atoms with Gasteiger partial charge in [-0.3, -0.25) is 4.79 Å². The van der Waals surface area contributed by atoms with Gasteiger partial charge in [0.25, 0.3) is 5.91 Å². The Labute approximate surface area is 137 Å². The van der Waals surface area contributed by atoms with Crippen LogP contribution in [0.3, 0.4) is 0 Å². The van der Waals surface area contributed by atoms with Crippen LogP contribution in [-0.4, -0.2) is 84.2 Å². The van der Waals surface area contributed by atoms with Crippen molar-refractivity contribution in [1.82, 2.24) is 19.8 Å². The van der Waals surface area contributed by atoms with Crippen molar-refractivity contribution in [3.63, 3.8) is 0 Å². The molecule has 0 saturated carbocycles. The average Bonchev–Trinajstić information content (AvgIpc) is 2.99. The summed E-state index contributed by atoms with van der Waals surface area (Å²) < 4.78 is 0. The number of hydrogen-bond donors (Lipinski definition) is 1. The zero-order valence-corrected chi connectivity index (χ0v) is 14.7. The monoisotopic (exact) mass is 321 g/mol. The Balaban J connectivity index is 2.29. The number of aliphatic hydroxyl groups is 1. The molecule has 1 aliphatic rings. The third-order valence-electron chi connectivity index (χ3n) is 4.53. The zero-order valence-electron chi connectivity index (χ0n) is 14.7. The molecule has 2 rings (SSSR count). The second-order valence-electron chi connectivity index (χ2n) is 6.38. The Morgan fingerprint density at radius 1 is 1.30 bits per heavy atom. The van der Waals surface area contributed by atoms with Crippen molar-refractivity contribution in [3.8, 4) is 0 Å². The van der Waals surface area contributed by atoms with Crippen molar-refractivity contribution in [3.05, 3.63) is 17.1 Å². The number of aromatic nitrogens is 2. The van der Waals surface area contributed by atoms with Crippen molar-refractivity contribution in [2.45, 2.75) is 26.3 Å². The summed E-state index contributed by atoms with van der Waals surface area (Å²) in [6, 6.07) is 0.501. The molecule has 1 aromatic heterocycles. The van der Waals surface area contributed by atoms with Crippen LogP contribution in [0.2, 0.25) is 0 Å². The number of likely N-dealkylation sites (N-methyl/N-ethyl adjacent to an activating group) is 2. The van der Waals surface area contributed by atoms with Gasteiger partial charge in [0.15, 0.2) is 0 Å². The normalized spacial score (nSPS) is 17.9. The first kappa shape index (κ1) is 17.6. The Morgan fingerprint density at radius 2 is 2.00 bits per heavy atom. The largest absolute Gasteiger partial charge is 0.395 e. The molecule has 1 fully saturated rings. The topological polar surface area (TPSA) is 72.8 Å². The van der Waals surface area contributed by atoms with E-state index in [1.807, 2.05) is 13.8 Å². The molecule has 1 aliphatic heterocycles. The molecule has 7 heteroatoms. The van der Waals surface area contributed by atoms with E-state index in [1.54, 1.807) is 7.05 Å². The van der Waals surface area contributed by atoms with E-state index in [4.69, 9.17) is 5.11 Å². The lowest BCUT2D eigenvalue weighted by Gasteiger charge is -2.23. The SMILES string of the molecule is Cc1nc(C(=O)N(C)CCO)nc(N2CC[C@@H](N(C)C)C2)c1C. The minimum absolute atomic E-state index is 0.0728. The number of hydrogen-bond acceptors (Lipinski definition) is 6. The van der Waals surface area contributed by atoms with Crippen LogP contribution in [0.5, 0.6) is 0 Å². The molecule has 0 unspecified atom stereocenters. The van der Waals surface area contributed by atoms with Crippen LogP contribution in [0.4, 0.5) is 5.82 Å². The van der Waals surface area contributed by atoms with Crippen LogP contribution in [0.25, 0.3) is 0 Å². The number of amides is 1. The smallest absolute Gasteiger partial charge is 0.291 e. The average molecular weight is 321 g/mol. The van der Waals surface area contributed by atoms with Gasteiger partial charge < -0.3 is 19.8 Å². The van der Waals surface area contributed by atoms with Gasteiger partial charge in [0.1, 0.15) is 5.82 Å². The highest BCUT2D eigenvalue weighted by atomic mass is 16.3. The first-order valence-corrected chi connectivity index (χ1v) is 7.98. The van der Waals surface area contributed by atoms with Crippen LogP contribution in [0.1, 0.15) is 28.3 Å². The van der Waals surface area contributed by atoms with E-state index in [0.717, 1.165) is 36.6 Å². The molecule has 128 valence electrons. The van der Waals surface area contributed by atoms with Gasteiger partial charge in [-0.05, 0) is 34.4 Å². The summed E-state index contributed by atoms with van der Waals surface area (Å²) in [6.07, 6.45) is 1.09. The summed E-state index contributed by atoms with van der Waals surface area (Å²) >= 11 is 0. The number of aliphatic hydroxyl groups excluding tert-OH is 1. The van der Waals surface area contributed by atoms with Crippen LogP contribution in [0, 0.1) is 13.8 Å². The first-order valence-electron chi connectivity index (χ1n) is 7.98. The molecular formula is C16H27N5O2. The minimum Gasteiger partial charge on any atom is -0.395 e. The second-order valence-corrected chi connectivity index (χ2v) is 6.38. The summed E-state index contributed by atoms with van der Waals surface area (Å²) in [4.78, 5) is 27.2. The molecular weight excluding hydrogens is 294 g/mol. The lowest BCUT2D eigenvalue weighted by Crippen LogP contribution is -2.34. The molecule has 1 atom stereocenters. The standard InChI is InChI=1S/C16H27N5O2/c1-11-12(2)17-14(16(23)20(5)8-9-22)18-15(11)21-7-6-13(10-21)19(3)4/h13,22H,6-10H2,1-5H3/t13-/m1/s1. The number of anilines is 1. The maximum atomic E-state index is 12.4. The van der Waals surface area contributed by atoms with Crippen LogP contribution in [0.15, 0.2) is 0 Å². The van der Waals surface area contributed by atoms with Gasteiger partial charge in [0.05, 0.1) is 6.61 Å². The van der Waals surface area contributed by atoms with E-state index in [2.05, 4.69) is 33.9 Å². The van der Waals surface area contributed by atoms with Crippen molar-refractivity contribution >= 4 is 11.7 Å². The quantitative estimate of drug-likeness (QED) is 0.841. The molecule has 1 saturated heterocycles. The van der Waals surface area contributed by atoms with Crippen molar-refractivity contribution in [1.29, 1.82) is 0 Å². The van der Waals surface area contributed by atoms with Crippen LogP contribution < -0.4 is 4.90 Å². The van der Waals surface area contributed by atoms with E-state index in [-0.39, 0.29) is 24.9 Å². The van der Waals surface area contributed by atoms with Crippen molar-refractivity contribution in [2.75, 3.05) is 52.3 Å². The molecule has 0 spiro atoms. The molecule has 1 amide bonds. The highest BCUT2D eigenvalue weighted by Crippen LogP contribution is 2.25. The summed E-state index contributed by atoms with van der Waals surface area (Å²) in [7, 11) is 5.82. The molecule has 0 aromatic carbocycles. The Bertz CT molecular complexity index is 576. The fourth-order valence-electron chi connectivity index (χ4n) is 2.80. The van der Waals surface area contributed by atoms with Crippen LogP contribution in [-0.2, 0) is 0 Å². The Hall–Kier alpha value is -1.73. The summed E-state index contributed by atoms with van der Waals surface area (Å²) in [5, 5.41) is 8.99. The molecule has 0 aliphatic carbocycles. The summed E-state index contributed by atoms with van der Waals surface area (Å²) in [5.74, 6) is 0.793. The molecule has 7 nitrogen and oxygen atoms in total. The molecule has 1 aromatic rings. The van der Waals surface area contributed by atoms with Gasteiger partial charge in [0, 0.05) is 44.0 Å². The Kier molecular flexibility index (Phi) is 5.54. The minimum atomic E-state index is -0.258.